The highest BCUT2D eigenvalue weighted by atomic mass is 127. The Kier molecular flexibility index (Phi) is 7.48. The number of methoxy groups -OCH3 is 1. The molecule has 0 spiro atoms. The lowest BCUT2D eigenvalue weighted by Crippen LogP contribution is -2.27. The molecule has 0 fully saturated rings. The Morgan fingerprint density at radius 3 is 2.33 bits per heavy atom. The summed E-state index contributed by atoms with van der Waals surface area (Å²) < 4.78 is 11.9. The zero-order valence-electron chi connectivity index (χ0n) is 8.23. The van der Waals surface area contributed by atoms with Crippen LogP contribution in [0.1, 0.15) is 33.1 Å². The van der Waals surface area contributed by atoms with Crippen molar-refractivity contribution in [1.82, 2.24) is 0 Å². The van der Waals surface area contributed by atoms with E-state index in [2.05, 4.69) is 22.6 Å². The number of hydrogen-bond acceptors (Lipinski definition) is 2. The van der Waals surface area contributed by atoms with Crippen molar-refractivity contribution in [3.05, 3.63) is 0 Å². The first-order valence-electron chi connectivity index (χ1n) is 4.37. The molecule has 0 amide bonds. The quantitative estimate of drug-likeness (QED) is 0.310. The fourth-order valence-corrected chi connectivity index (χ4v) is 1.29. The van der Waals surface area contributed by atoms with Gasteiger partial charge in [-0.3, -0.25) is 0 Å². The summed E-state index contributed by atoms with van der Waals surface area (Å²) in [4.78, 5) is 0. The van der Waals surface area contributed by atoms with Crippen molar-refractivity contribution in [3.8, 4) is 0 Å². The lowest BCUT2D eigenvalue weighted by Gasteiger charge is -2.23. The topological polar surface area (TPSA) is 18.5 Å². The van der Waals surface area contributed by atoms with Gasteiger partial charge in [0.25, 0.3) is 0 Å². The van der Waals surface area contributed by atoms with Crippen molar-refractivity contribution in [1.29, 1.82) is 0 Å². The molecule has 0 aromatic heterocycles. The van der Waals surface area contributed by atoms with E-state index in [1.54, 1.807) is 7.11 Å². The summed E-state index contributed by atoms with van der Waals surface area (Å²) in [6.45, 7) is 4.67. The van der Waals surface area contributed by atoms with Gasteiger partial charge in [-0.05, 0) is 31.1 Å². The number of unbranched alkanes of at least 4 members (excludes halogenated alkanes) is 2. The summed E-state index contributed by atoms with van der Waals surface area (Å²) in [5.41, 5.74) is 0. The SMILES string of the molecule is COC(C)(C)OCCCCCI. The third kappa shape index (κ3) is 7.31. The van der Waals surface area contributed by atoms with Gasteiger partial charge in [0.05, 0.1) is 0 Å². The minimum absolute atomic E-state index is 0.412. The molecule has 0 bridgehead atoms. The number of alkyl halides is 1. The predicted molar refractivity (Wildman–Crippen MR) is 59.8 cm³/mol. The first kappa shape index (κ1) is 12.7. The van der Waals surface area contributed by atoms with Crippen LogP contribution >= 0.6 is 22.6 Å². The Bertz CT molecular complexity index is 105. The Labute approximate surface area is 89.1 Å². The number of ether oxygens (including phenoxy) is 2. The zero-order valence-corrected chi connectivity index (χ0v) is 10.4. The van der Waals surface area contributed by atoms with Crippen LogP contribution in [-0.2, 0) is 9.47 Å². The lowest BCUT2D eigenvalue weighted by atomic mass is 10.2. The van der Waals surface area contributed by atoms with E-state index >= 15 is 0 Å². The predicted octanol–water partition coefficient (Wildman–Crippen LogP) is 2.99. The van der Waals surface area contributed by atoms with Gasteiger partial charge in [-0.25, -0.2) is 0 Å². The minimum Gasteiger partial charge on any atom is -0.354 e. The van der Waals surface area contributed by atoms with Crippen molar-refractivity contribution in [2.75, 3.05) is 18.1 Å². The average Bonchev–Trinajstić information content (AvgIpc) is 2.04. The van der Waals surface area contributed by atoms with Gasteiger partial charge < -0.3 is 9.47 Å². The van der Waals surface area contributed by atoms with Crippen LogP contribution in [0.4, 0.5) is 0 Å². The maximum Gasteiger partial charge on any atom is 0.162 e. The van der Waals surface area contributed by atoms with Crippen molar-refractivity contribution >= 4 is 22.6 Å². The minimum atomic E-state index is -0.412. The Morgan fingerprint density at radius 1 is 1.17 bits per heavy atom. The van der Waals surface area contributed by atoms with Gasteiger partial charge in [0, 0.05) is 13.7 Å². The molecule has 0 aromatic rings. The van der Waals surface area contributed by atoms with E-state index in [1.807, 2.05) is 13.8 Å². The molecule has 2 nitrogen and oxygen atoms in total. The van der Waals surface area contributed by atoms with E-state index in [4.69, 9.17) is 9.47 Å². The second kappa shape index (κ2) is 7.09. The fourth-order valence-electron chi connectivity index (χ4n) is 0.750. The molecule has 74 valence electrons. The summed E-state index contributed by atoms with van der Waals surface area (Å²) in [6, 6.07) is 0. The van der Waals surface area contributed by atoms with Crippen LogP contribution in [-0.4, -0.2) is 23.9 Å². The number of rotatable bonds is 7. The molecule has 0 aromatic carbocycles. The highest BCUT2D eigenvalue weighted by molar-refractivity contribution is 14.1. The number of halogens is 1. The van der Waals surface area contributed by atoms with E-state index in [-0.39, 0.29) is 0 Å². The molecule has 0 saturated carbocycles. The zero-order chi connectivity index (χ0) is 9.45. The van der Waals surface area contributed by atoms with Gasteiger partial charge in [0.1, 0.15) is 0 Å². The summed E-state index contributed by atoms with van der Waals surface area (Å²) in [5.74, 6) is -0.412. The molecular formula is C9H19IO2. The van der Waals surface area contributed by atoms with Crippen LogP contribution in [0.5, 0.6) is 0 Å². The van der Waals surface area contributed by atoms with Gasteiger partial charge in [-0.1, -0.05) is 29.0 Å². The van der Waals surface area contributed by atoms with Crippen LogP contribution in [0, 0.1) is 0 Å². The van der Waals surface area contributed by atoms with E-state index in [9.17, 15) is 0 Å². The van der Waals surface area contributed by atoms with E-state index in [0.717, 1.165) is 13.0 Å². The molecule has 0 heterocycles. The van der Waals surface area contributed by atoms with E-state index in [0.29, 0.717) is 0 Å². The van der Waals surface area contributed by atoms with Crippen LogP contribution in [0.3, 0.4) is 0 Å². The van der Waals surface area contributed by atoms with Crippen LogP contribution in [0.2, 0.25) is 0 Å². The van der Waals surface area contributed by atoms with Gasteiger partial charge >= 0.3 is 0 Å². The van der Waals surface area contributed by atoms with E-state index in [1.165, 1.54) is 17.3 Å². The van der Waals surface area contributed by atoms with Gasteiger partial charge in [-0.2, -0.15) is 0 Å². The first-order valence-corrected chi connectivity index (χ1v) is 5.90. The summed E-state index contributed by atoms with van der Waals surface area (Å²) in [6.07, 6.45) is 3.68. The van der Waals surface area contributed by atoms with Crippen molar-refractivity contribution < 1.29 is 9.47 Å². The monoisotopic (exact) mass is 286 g/mol. The van der Waals surface area contributed by atoms with Crippen LogP contribution in [0.25, 0.3) is 0 Å². The summed E-state index contributed by atoms with van der Waals surface area (Å²) >= 11 is 2.40. The van der Waals surface area contributed by atoms with Gasteiger partial charge in [0.2, 0.25) is 0 Å². The third-order valence-corrected chi connectivity index (χ3v) is 2.48. The molecule has 0 aliphatic heterocycles. The Hall–Kier alpha value is 0.650. The smallest absolute Gasteiger partial charge is 0.162 e. The maximum atomic E-state index is 5.50. The molecule has 3 heteroatoms. The normalized spacial score (nSPS) is 12.0. The summed E-state index contributed by atoms with van der Waals surface area (Å²) in [5, 5.41) is 0. The highest BCUT2D eigenvalue weighted by Crippen LogP contribution is 2.10. The number of hydrogen-bond donors (Lipinski definition) is 0. The molecule has 0 aliphatic rings. The Morgan fingerprint density at radius 2 is 1.83 bits per heavy atom. The largest absolute Gasteiger partial charge is 0.354 e. The molecular weight excluding hydrogens is 267 g/mol. The average molecular weight is 286 g/mol. The second-order valence-corrected chi connectivity index (χ2v) is 4.28. The van der Waals surface area contributed by atoms with Gasteiger partial charge in [-0.15, -0.1) is 0 Å². The van der Waals surface area contributed by atoms with Crippen molar-refractivity contribution in [2.45, 2.75) is 38.9 Å². The standard InChI is InChI=1S/C9H19IO2/c1-9(2,11-3)12-8-6-4-5-7-10/h4-8H2,1-3H3. The summed E-state index contributed by atoms with van der Waals surface area (Å²) in [7, 11) is 1.67. The molecule has 0 unspecified atom stereocenters. The van der Waals surface area contributed by atoms with Gasteiger partial charge in [0.15, 0.2) is 5.79 Å². The molecule has 0 radical (unpaired) electrons. The van der Waals surface area contributed by atoms with Crippen molar-refractivity contribution in [3.63, 3.8) is 0 Å². The second-order valence-electron chi connectivity index (χ2n) is 3.20. The van der Waals surface area contributed by atoms with Crippen LogP contribution in [0.15, 0.2) is 0 Å². The maximum absolute atomic E-state index is 5.50. The highest BCUT2D eigenvalue weighted by Gasteiger charge is 2.15. The van der Waals surface area contributed by atoms with Crippen molar-refractivity contribution in [2.24, 2.45) is 0 Å². The fraction of sp³-hybridized carbons (Fsp3) is 1.00. The van der Waals surface area contributed by atoms with E-state index < -0.39 is 5.79 Å². The Balaban J connectivity index is 3.19. The molecule has 0 aliphatic carbocycles. The lowest BCUT2D eigenvalue weighted by molar-refractivity contribution is -0.197. The molecule has 0 N–H and O–H groups in total. The molecule has 0 saturated heterocycles. The molecule has 12 heavy (non-hydrogen) atoms. The molecule has 0 rings (SSSR count). The van der Waals surface area contributed by atoms with Crippen LogP contribution < -0.4 is 0 Å². The third-order valence-electron chi connectivity index (χ3n) is 1.72. The molecule has 0 atom stereocenters. The first-order chi connectivity index (χ1) is 5.62.